The van der Waals surface area contributed by atoms with Crippen molar-refractivity contribution in [3.05, 3.63) is 428 Å². The number of ether oxygens (including phenoxy) is 5. The normalized spacial score (nSPS) is 16.8. The molecule has 0 spiro atoms. The standard InChI is InChI=1S/C33H30N2O2.C27H26O4.C17H21O2.C13H12N2O.C10H17Br.C10H6O3.C8H8O.C7H6O2.2CH4/c1-20(2)11-10-18-33(3)24-19-36-27-17-9-6-14-23(27)28(24)29-31-30(34-25-15-7-8-16-26(25)35-31)21-12-4-5-13-22(21)32(29)37-33;1-16(2)9-8-14-27(3)20-15-30-21-13-7-6-12-19(21)22(20)23-25(29)24(28)17-10-4-5-11-18(17)26(23)31-27;1-14(2)7-6-8-15(3)11-12-19-17-10-5-4-9-16(17)13-18;14-11-7-6-10(8-12(11)15)13(16)9-4-2-1-3-5-9;1-9(2)5-4-6-10(3)7-8-11;11-8-5-9(12)10(13)7-4-2-1-3-6(7)8;1-7(9)8-5-3-2-4-6-8;8-5-6-3-1-2-4-7(6)9;;/h4-9,11-17,24,28H,10,18-19H2,1-3H3;4-7,9-13,20,22H,8,14-15H2,1-3H3;4-5,7,9-11,13H,1,6,8,12H2,2-3H3;1-8H,14-15H2;5,7H,4,6,8H2,1-3H3;1-5,11H;2-6H,1H3;1-5,9H;2*1H4/q;;+1;;;;;;;/b;;15-11+;;10-7+;;;;;/t24-,28+,33+;20-,22+,27+;;;;;;;;/m00......../s1. The third-order valence-corrected chi connectivity index (χ3v) is 26.2. The minimum Gasteiger partial charge on any atom is -0.507 e. The molecule has 2 aliphatic carbocycles. The molecule has 6 N–H and O–H groups in total. The molecular formula is C127H134BrN4O15+. The molecule has 1 aromatic heterocycles. The van der Waals surface area contributed by atoms with Gasteiger partial charge in [0.25, 0.3) is 0 Å². The van der Waals surface area contributed by atoms with Gasteiger partial charge in [-0.25, -0.2) is 9.97 Å². The fourth-order valence-electron chi connectivity index (χ4n) is 18.0. The van der Waals surface area contributed by atoms with E-state index in [-0.39, 0.29) is 67.2 Å². The van der Waals surface area contributed by atoms with Crippen molar-refractivity contribution in [1.82, 2.24) is 9.97 Å². The lowest BCUT2D eigenvalue weighted by atomic mass is 9.65. The number of Topliss-reactive ketones (excluding diaryl/α,β-unsaturated/α-hetero) is 4. The number of allylic oxidation sites excluding steroid dienone is 12. The maximum Gasteiger partial charge on any atom is 0.234 e. The van der Waals surface area contributed by atoms with Crippen LogP contribution in [0.2, 0.25) is 0 Å². The lowest BCUT2D eigenvalue weighted by Gasteiger charge is -2.50. The minimum absolute atomic E-state index is 0. The summed E-state index contributed by atoms with van der Waals surface area (Å²) in [5.41, 5.74) is 31.3. The third-order valence-electron chi connectivity index (χ3n) is 25.8. The van der Waals surface area contributed by atoms with Crippen molar-refractivity contribution < 1.29 is 72.3 Å². The van der Waals surface area contributed by atoms with Crippen LogP contribution in [0.15, 0.2) is 355 Å². The van der Waals surface area contributed by atoms with E-state index in [1.807, 2.05) is 140 Å². The van der Waals surface area contributed by atoms with Crippen LogP contribution in [0.3, 0.4) is 0 Å². The van der Waals surface area contributed by atoms with E-state index in [2.05, 4.69) is 171 Å². The molecule has 13 aromatic rings. The Kier molecular flexibility index (Phi) is 41.4. The van der Waals surface area contributed by atoms with Crippen LogP contribution >= 0.6 is 15.9 Å². The highest BCUT2D eigenvalue weighted by Crippen LogP contribution is 2.59. The lowest BCUT2D eigenvalue weighted by Crippen LogP contribution is -2.51. The number of fused-ring (bicyclic) bond motifs is 18. The second kappa shape index (κ2) is 53.8. The summed E-state index contributed by atoms with van der Waals surface area (Å²) in [6, 6.07) is 83.6. The number of halogens is 1. The second-order valence-electron chi connectivity index (χ2n) is 37.5. The first-order valence-electron chi connectivity index (χ1n) is 48.7. The summed E-state index contributed by atoms with van der Waals surface area (Å²) in [6.45, 7) is 30.4. The number of para-hydroxylation sites is 6. The largest absolute Gasteiger partial charge is 0.507 e. The van der Waals surface area contributed by atoms with Crippen LogP contribution in [0.5, 0.6) is 28.7 Å². The van der Waals surface area contributed by atoms with Crippen LogP contribution in [-0.4, -0.2) is 104 Å². The van der Waals surface area contributed by atoms with Crippen LogP contribution < -0.4 is 30.4 Å². The predicted octanol–water partition coefficient (Wildman–Crippen LogP) is 29.7. The van der Waals surface area contributed by atoms with Gasteiger partial charge in [0.1, 0.15) is 58.1 Å². The van der Waals surface area contributed by atoms with Gasteiger partial charge in [0.2, 0.25) is 23.1 Å². The number of anilines is 2. The highest BCUT2D eigenvalue weighted by molar-refractivity contribution is 9.09. The number of alkyl halides is 1. The average Bonchev–Trinajstić information content (AvgIpc) is 0.695. The number of nitrogens with two attached hydrogens (primary N) is 2. The number of aldehydes is 2. The van der Waals surface area contributed by atoms with Gasteiger partial charge in [0.05, 0.1) is 68.9 Å². The summed E-state index contributed by atoms with van der Waals surface area (Å²) >= 11 is 3.38. The first kappa shape index (κ1) is 113. The summed E-state index contributed by atoms with van der Waals surface area (Å²) < 4.78 is 31.9. The lowest BCUT2D eigenvalue weighted by molar-refractivity contribution is -0.114. The van der Waals surface area contributed by atoms with Crippen LogP contribution in [-0.2, 0) is 14.3 Å². The molecule has 0 bridgehead atoms. The molecule has 19 nitrogen and oxygen atoms in total. The fourth-order valence-corrected chi connectivity index (χ4v) is 18.6. The molecule has 0 saturated heterocycles. The zero-order valence-electron chi connectivity index (χ0n) is 84.3. The highest BCUT2D eigenvalue weighted by Gasteiger charge is 2.56. The van der Waals surface area contributed by atoms with E-state index in [9.17, 15) is 43.5 Å². The molecule has 0 unspecified atom stereocenters. The number of nitrogens with zero attached hydrogens (tertiary/aromatic N) is 2. The van der Waals surface area contributed by atoms with Gasteiger partial charge < -0.3 is 45.4 Å². The Morgan fingerprint density at radius 2 is 0.973 bits per heavy atom. The zero-order chi connectivity index (χ0) is 104. The van der Waals surface area contributed by atoms with Gasteiger partial charge in [0, 0.05) is 121 Å². The molecule has 0 amide bonds. The summed E-state index contributed by atoms with van der Waals surface area (Å²) in [5, 5.41) is 21.4. The molecule has 6 atom stereocenters. The Hall–Kier alpha value is -15.7. The number of carbonyl (C=O) groups is 8. The van der Waals surface area contributed by atoms with Crippen LogP contribution in [0.1, 0.15) is 257 Å². The molecule has 6 aliphatic rings. The Bertz CT molecular complexity index is 7160. The summed E-state index contributed by atoms with van der Waals surface area (Å²) in [4.78, 5) is 103. The number of aliphatic hydroxyl groups excluding tert-OH is 1. The zero-order valence-corrected chi connectivity index (χ0v) is 85.9. The number of benzene rings is 12. The molecule has 147 heavy (non-hydrogen) atoms. The SMILES string of the molecule is C.C.C=C(C)[CH+]CC/C(C)=C/COc1ccccc1C=O.CC(=O)c1ccccc1.CC(C)=CCC/C(C)=C/CBr.CC(C)=CCC[C@@]1(C)OC2=C(C(=O)C(=O)c3ccccc32)[C@@H]2c3ccccc3OC[C@@H]21.CC(C)=CCC[C@@]1(C)Oc2c(c3nc4ccccc4nc3c3ccccc23)[C@@H]2c3ccccc3OC[C@@H]21.Nc1ccc(C(=O)c2ccccc2)cc1N.O=C1C=C(O)c2ccccc2C1=O.O=Cc1ccccc1O. The van der Waals surface area contributed by atoms with Crippen molar-refractivity contribution in [2.45, 2.75) is 172 Å². The van der Waals surface area contributed by atoms with Crippen molar-refractivity contribution in [2.75, 3.05) is 36.6 Å². The van der Waals surface area contributed by atoms with E-state index in [4.69, 9.17) is 50.2 Å². The van der Waals surface area contributed by atoms with Gasteiger partial charge >= 0.3 is 0 Å². The maximum atomic E-state index is 13.4. The van der Waals surface area contributed by atoms with Gasteiger partial charge in [-0.15, -0.1) is 0 Å². The van der Waals surface area contributed by atoms with Crippen molar-refractivity contribution >= 4 is 119 Å². The number of hydrogen-bond donors (Lipinski definition) is 4. The van der Waals surface area contributed by atoms with Gasteiger partial charge in [-0.3, -0.25) is 38.4 Å². The Balaban J connectivity index is 0.000000181. The smallest absolute Gasteiger partial charge is 0.234 e. The molecule has 758 valence electrons. The quantitative estimate of drug-likeness (QED) is 0.00564. The van der Waals surface area contributed by atoms with Crippen molar-refractivity contribution in [1.29, 1.82) is 0 Å². The van der Waals surface area contributed by atoms with Crippen LogP contribution in [0, 0.1) is 18.3 Å². The Morgan fingerprint density at radius 3 is 1.53 bits per heavy atom. The van der Waals surface area contributed by atoms with Crippen molar-refractivity contribution in [2.24, 2.45) is 11.8 Å². The molecule has 20 heteroatoms. The van der Waals surface area contributed by atoms with Crippen molar-refractivity contribution in [3.8, 4) is 28.7 Å². The maximum absolute atomic E-state index is 13.4. The van der Waals surface area contributed by atoms with Crippen molar-refractivity contribution in [3.63, 3.8) is 0 Å². The fraction of sp³-hybridized carbons (Fsp3) is 0.252. The Morgan fingerprint density at radius 1 is 0.490 bits per heavy atom. The number of carbonyl (C=O) groups excluding carboxylic acids is 8. The molecule has 5 heterocycles. The highest BCUT2D eigenvalue weighted by atomic mass is 79.9. The van der Waals surface area contributed by atoms with Gasteiger partial charge in [-0.05, 0) is 201 Å². The predicted molar refractivity (Wildman–Crippen MR) is 599 cm³/mol. The summed E-state index contributed by atoms with van der Waals surface area (Å²) in [5.74, 6) is 1.69. The average molecular weight is 2040 g/mol. The van der Waals surface area contributed by atoms with Gasteiger partial charge in [-0.2, -0.15) is 0 Å². The topological polar surface area (TPSA) is 301 Å². The third kappa shape index (κ3) is 28.9. The second-order valence-corrected chi connectivity index (χ2v) is 38.2. The molecule has 0 radical (unpaired) electrons. The number of nitrogen functional groups attached to an aromatic ring is 2. The molecule has 12 aromatic carbocycles. The van der Waals surface area contributed by atoms with Gasteiger partial charge in [0.15, 0.2) is 24.1 Å². The molecule has 4 aliphatic heterocycles. The number of hydrogen-bond acceptors (Lipinski definition) is 19. The van der Waals surface area contributed by atoms with Gasteiger partial charge in [-0.1, -0.05) is 289 Å². The van der Waals surface area contributed by atoms with E-state index < -0.39 is 34.3 Å². The first-order valence-corrected chi connectivity index (χ1v) is 49.8. The van der Waals surface area contributed by atoms with E-state index in [0.717, 1.165) is 134 Å². The summed E-state index contributed by atoms with van der Waals surface area (Å²) in [7, 11) is 0. The molecule has 0 saturated carbocycles. The van der Waals surface area contributed by atoms with E-state index in [1.54, 1.807) is 91.9 Å². The van der Waals surface area contributed by atoms with E-state index in [1.165, 1.54) is 58.4 Å². The number of phenols is 1. The summed E-state index contributed by atoms with van der Waals surface area (Å²) in [6.07, 6.45) is 23.5. The number of aliphatic hydroxyl groups is 1. The molecular weight excluding hydrogens is 1900 g/mol. The van der Waals surface area contributed by atoms with Crippen LogP contribution in [0.25, 0.3) is 44.4 Å². The molecule has 0 fully saturated rings. The molecule has 19 rings (SSSR count). The number of rotatable bonds is 22. The van der Waals surface area contributed by atoms with E-state index >= 15 is 0 Å². The van der Waals surface area contributed by atoms with E-state index in [0.29, 0.717) is 87.9 Å². The Labute approximate surface area is 873 Å². The number of phenolic OH excluding ortho intramolecular Hbond substituents is 1. The number of ketones is 6. The first-order chi connectivity index (χ1) is 69.8. The van der Waals surface area contributed by atoms with Crippen LogP contribution in [0.4, 0.5) is 11.4 Å². The minimum atomic E-state index is -0.670. The number of aromatic hydroxyl groups is 1. The number of aromatic nitrogens is 2. The monoisotopic (exact) mass is 2030 g/mol.